The predicted octanol–water partition coefficient (Wildman–Crippen LogP) is 7.77. The molecule has 5 nitrogen and oxygen atoms in total. The number of nitrogens with zero attached hydrogens (tertiary/aromatic N) is 2. The van der Waals surface area contributed by atoms with Gasteiger partial charge in [-0.1, -0.05) is 59.7 Å². The van der Waals surface area contributed by atoms with Crippen LogP contribution in [-0.2, 0) is 18.3 Å². The zero-order chi connectivity index (χ0) is 30.7. The van der Waals surface area contributed by atoms with Crippen LogP contribution < -0.4 is 14.5 Å². The summed E-state index contributed by atoms with van der Waals surface area (Å²) in [5.74, 6) is 0.482. The molecule has 0 bridgehead atoms. The van der Waals surface area contributed by atoms with Crippen LogP contribution in [0.1, 0.15) is 87.1 Å². The summed E-state index contributed by atoms with van der Waals surface area (Å²) in [5.41, 5.74) is 7.26. The third-order valence-electron chi connectivity index (χ3n) is 7.26. The Bertz CT molecular complexity index is 1270. The smallest absolute Gasteiger partial charge is 0.150 e. The van der Waals surface area contributed by atoms with Gasteiger partial charge in [-0.3, -0.25) is 4.79 Å². The van der Waals surface area contributed by atoms with E-state index in [1.807, 2.05) is 19.9 Å². The van der Waals surface area contributed by atoms with Crippen molar-refractivity contribution in [3.63, 3.8) is 0 Å². The van der Waals surface area contributed by atoms with Crippen LogP contribution in [0.3, 0.4) is 0 Å². The monoisotopic (exact) mass is 564 g/mol. The number of aliphatic hydroxyl groups excluding tert-OH is 1. The normalized spacial score (nSPS) is 13.0. The molecule has 0 aliphatic carbocycles. The van der Waals surface area contributed by atoms with Crippen molar-refractivity contribution in [2.45, 2.75) is 72.8 Å². The molecule has 1 aliphatic heterocycles. The van der Waals surface area contributed by atoms with Gasteiger partial charge in [0.15, 0.2) is 0 Å². The Hall–Kier alpha value is -3.38. The van der Waals surface area contributed by atoms with E-state index in [-0.39, 0.29) is 18.1 Å². The number of aldehydes is 1. The third kappa shape index (κ3) is 8.56. The van der Waals surface area contributed by atoms with Gasteiger partial charge in [0.1, 0.15) is 24.5 Å². The summed E-state index contributed by atoms with van der Waals surface area (Å²) >= 11 is 0. The second kappa shape index (κ2) is 15.6. The van der Waals surface area contributed by atoms with Crippen LogP contribution in [0.4, 0.5) is 15.8 Å². The van der Waals surface area contributed by atoms with E-state index in [0.717, 1.165) is 47.5 Å². The fourth-order valence-electron chi connectivity index (χ4n) is 5.13. The van der Waals surface area contributed by atoms with E-state index in [2.05, 4.69) is 81.9 Å². The number of halogens is 1. The van der Waals surface area contributed by atoms with Crippen LogP contribution in [0.5, 0.6) is 5.75 Å². The molecule has 224 valence electrons. The standard InChI is InChI=1S/C31H37FN2O2.C2H6O.C2H6/c1-7-21-17-26(11-12-27(21)31(2,3)4)34(6)28(18-22-8-10-25(32)16-24(22)20-35)23-9-13-30-29(19-23)33(5)14-15-36-30;1-2-3;1-2/h8-13,16-17,19-20,28H,7,14-15,18H2,1-6H3;3H,2H2,1H3;1-2H3. The van der Waals surface area contributed by atoms with E-state index in [1.165, 1.54) is 23.3 Å². The predicted molar refractivity (Wildman–Crippen MR) is 170 cm³/mol. The molecule has 0 amide bonds. The van der Waals surface area contributed by atoms with Crippen molar-refractivity contribution in [3.05, 3.63) is 88.2 Å². The fraction of sp³-hybridized carbons (Fsp3) is 0.457. The maximum atomic E-state index is 13.9. The average molecular weight is 565 g/mol. The number of rotatable bonds is 7. The zero-order valence-electron chi connectivity index (χ0n) is 26.4. The van der Waals surface area contributed by atoms with Gasteiger partial charge in [-0.25, -0.2) is 4.39 Å². The highest BCUT2D eigenvalue weighted by atomic mass is 19.1. The van der Waals surface area contributed by atoms with Gasteiger partial charge in [-0.15, -0.1) is 0 Å². The third-order valence-corrected chi connectivity index (χ3v) is 7.26. The summed E-state index contributed by atoms with van der Waals surface area (Å²) in [6, 6.07) is 17.4. The number of benzene rings is 3. The molecular formula is C35H49FN2O3. The first-order valence-electron chi connectivity index (χ1n) is 14.7. The molecule has 4 rings (SSSR count). The number of hydrogen-bond donors (Lipinski definition) is 1. The number of carbonyl (C=O) groups excluding carboxylic acids is 1. The lowest BCUT2D eigenvalue weighted by Gasteiger charge is -2.34. The number of aliphatic hydroxyl groups is 1. The van der Waals surface area contributed by atoms with Gasteiger partial charge in [0.25, 0.3) is 0 Å². The van der Waals surface area contributed by atoms with Gasteiger partial charge in [-0.2, -0.15) is 0 Å². The van der Waals surface area contributed by atoms with Crippen molar-refractivity contribution in [1.82, 2.24) is 0 Å². The first-order chi connectivity index (χ1) is 19.5. The molecule has 3 aromatic rings. The molecule has 0 saturated heterocycles. The SMILES string of the molecule is CC.CCO.CCc1cc(N(C)C(Cc2ccc(F)cc2C=O)c2ccc3c(c2)N(C)CCO3)ccc1C(C)(C)C. The molecule has 1 unspecified atom stereocenters. The Balaban J connectivity index is 0.00000110. The zero-order valence-corrected chi connectivity index (χ0v) is 26.4. The van der Waals surface area contributed by atoms with Gasteiger partial charge in [0, 0.05) is 32.0 Å². The van der Waals surface area contributed by atoms with Crippen molar-refractivity contribution < 1.29 is 19.0 Å². The summed E-state index contributed by atoms with van der Waals surface area (Å²) in [4.78, 5) is 16.3. The van der Waals surface area contributed by atoms with E-state index >= 15 is 0 Å². The van der Waals surface area contributed by atoms with Crippen LogP contribution >= 0.6 is 0 Å². The van der Waals surface area contributed by atoms with Crippen LogP contribution in [-0.4, -0.2) is 45.2 Å². The van der Waals surface area contributed by atoms with Crippen molar-refractivity contribution in [3.8, 4) is 5.75 Å². The van der Waals surface area contributed by atoms with E-state index in [1.54, 1.807) is 13.0 Å². The molecule has 0 saturated carbocycles. The summed E-state index contributed by atoms with van der Waals surface area (Å²) in [7, 11) is 4.17. The summed E-state index contributed by atoms with van der Waals surface area (Å²) < 4.78 is 19.8. The number of hydrogen-bond acceptors (Lipinski definition) is 5. The number of likely N-dealkylation sites (N-methyl/N-ethyl adjacent to an activating group) is 2. The van der Waals surface area contributed by atoms with Crippen LogP contribution in [0.25, 0.3) is 0 Å². The Labute approximate surface area is 247 Å². The fourth-order valence-corrected chi connectivity index (χ4v) is 5.13. The van der Waals surface area contributed by atoms with E-state index in [9.17, 15) is 9.18 Å². The minimum absolute atomic E-state index is 0.0674. The maximum Gasteiger partial charge on any atom is 0.150 e. The van der Waals surface area contributed by atoms with E-state index in [4.69, 9.17) is 9.84 Å². The molecule has 0 radical (unpaired) electrons. The van der Waals surface area contributed by atoms with Crippen molar-refractivity contribution in [1.29, 1.82) is 0 Å². The first-order valence-corrected chi connectivity index (χ1v) is 14.7. The number of carbonyl (C=O) groups is 1. The van der Waals surface area contributed by atoms with Gasteiger partial charge in [0.05, 0.1) is 18.3 Å². The molecule has 1 atom stereocenters. The summed E-state index contributed by atoms with van der Waals surface area (Å²) in [6.45, 7) is 16.4. The molecule has 3 aromatic carbocycles. The Morgan fingerprint density at radius 2 is 1.73 bits per heavy atom. The van der Waals surface area contributed by atoms with Crippen LogP contribution in [0.2, 0.25) is 0 Å². The van der Waals surface area contributed by atoms with E-state index in [0.29, 0.717) is 18.6 Å². The lowest BCUT2D eigenvalue weighted by Crippen LogP contribution is -2.30. The van der Waals surface area contributed by atoms with Gasteiger partial charge in [-0.05, 0) is 83.8 Å². The Morgan fingerprint density at radius 3 is 2.34 bits per heavy atom. The van der Waals surface area contributed by atoms with Crippen molar-refractivity contribution in [2.24, 2.45) is 0 Å². The minimum atomic E-state index is -0.399. The molecular weight excluding hydrogens is 515 g/mol. The van der Waals surface area contributed by atoms with Crippen LogP contribution in [0, 0.1) is 5.82 Å². The second-order valence-corrected chi connectivity index (χ2v) is 11.1. The maximum absolute atomic E-state index is 13.9. The largest absolute Gasteiger partial charge is 0.490 e. The minimum Gasteiger partial charge on any atom is -0.490 e. The Morgan fingerprint density at radius 1 is 1.05 bits per heavy atom. The van der Waals surface area contributed by atoms with Gasteiger partial charge >= 0.3 is 0 Å². The second-order valence-electron chi connectivity index (χ2n) is 11.1. The quantitative estimate of drug-likeness (QED) is 0.297. The number of ether oxygens (including phenoxy) is 1. The molecule has 0 aromatic heterocycles. The lowest BCUT2D eigenvalue weighted by atomic mass is 9.82. The summed E-state index contributed by atoms with van der Waals surface area (Å²) in [6.07, 6.45) is 2.27. The lowest BCUT2D eigenvalue weighted by molar-refractivity contribution is 0.112. The van der Waals surface area contributed by atoms with Gasteiger partial charge < -0.3 is 19.6 Å². The van der Waals surface area contributed by atoms with Crippen molar-refractivity contribution >= 4 is 17.7 Å². The highest BCUT2D eigenvalue weighted by Crippen LogP contribution is 2.38. The topological polar surface area (TPSA) is 53.0 Å². The van der Waals surface area contributed by atoms with E-state index < -0.39 is 5.82 Å². The molecule has 41 heavy (non-hydrogen) atoms. The highest BCUT2D eigenvalue weighted by Gasteiger charge is 2.25. The van der Waals surface area contributed by atoms with Crippen LogP contribution in [0.15, 0.2) is 54.6 Å². The molecule has 6 heteroatoms. The number of fused-ring (bicyclic) bond motifs is 1. The molecule has 1 N–H and O–H groups in total. The Kier molecular flexibility index (Phi) is 12.8. The molecule has 1 heterocycles. The molecule has 1 aliphatic rings. The number of anilines is 2. The molecule has 0 spiro atoms. The summed E-state index contributed by atoms with van der Waals surface area (Å²) in [5, 5.41) is 7.57. The van der Waals surface area contributed by atoms with Crippen molar-refractivity contribution in [2.75, 3.05) is 43.7 Å². The highest BCUT2D eigenvalue weighted by molar-refractivity contribution is 5.77. The first kappa shape index (κ1) is 33.8. The number of aryl methyl sites for hydroxylation is 1. The average Bonchev–Trinajstić information content (AvgIpc) is 2.97. The van der Waals surface area contributed by atoms with Gasteiger partial charge in [0.2, 0.25) is 0 Å². The molecule has 0 fully saturated rings.